The molecule has 0 aromatic carbocycles. The molecule has 19 heavy (non-hydrogen) atoms. The maximum absolute atomic E-state index is 12.3. The van der Waals surface area contributed by atoms with Crippen LogP contribution < -0.4 is 5.73 Å². The number of carbonyl (C=O) groups excluding carboxylic acids is 1. The molecule has 106 valence electrons. The Labute approximate surface area is 116 Å². The molecular weight excluding hydrogens is 238 g/mol. The Morgan fingerprint density at radius 3 is 2.68 bits per heavy atom. The van der Waals surface area contributed by atoms with Crippen molar-refractivity contribution < 1.29 is 4.79 Å². The van der Waals surface area contributed by atoms with Crippen LogP contribution in [0.4, 0.5) is 0 Å². The van der Waals surface area contributed by atoms with Gasteiger partial charge in [0.15, 0.2) is 0 Å². The van der Waals surface area contributed by atoms with Gasteiger partial charge >= 0.3 is 0 Å². The highest BCUT2D eigenvalue weighted by atomic mass is 16.2. The van der Waals surface area contributed by atoms with Gasteiger partial charge in [-0.15, -0.1) is 0 Å². The quantitative estimate of drug-likeness (QED) is 0.820. The second-order valence-corrected chi connectivity index (χ2v) is 5.36. The van der Waals surface area contributed by atoms with E-state index in [1.165, 1.54) is 0 Å². The maximum atomic E-state index is 12.3. The molecule has 0 bridgehead atoms. The minimum absolute atomic E-state index is 0.194. The topological polar surface area (TPSA) is 59.2 Å². The van der Waals surface area contributed by atoms with Gasteiger partial charge in [0.1, 0.15) is 0 Å². The van der Waals surface area contributed by atoms with E-state index in [2.05, 4.69) is 11.9 Å². The van der Waals surface area contributed by atoms with E-state index >= 15 is 0 Å². The van der Waals surface area contributed by atoms with Crippen molar-refractivity contribution in [3.8, 4) is 0 Å². The summed E-state index contributed by atoms with van der Waals surface area (Å²) in [6, 6.07) is 4.09. The number of aromatic nitrogens is 1. The van der Waals surface area contributed by atoms with E-state index < -0.39 is 0 Å². The molecule has 1 unspecified atom stereocenters. The standard InChI is InChI=1S/C15H25N3O/c1-12(2)18(11-14-5-4-8-17-10-14)15(19)7-6-13(3)9-16/h4-5,8,10,12-13H,6-7,9,11,16H2,1-3H3. The van der Waals surface area contributed by atoms with Crippen molar-refractivity contribution in [2.45, 2.75) is 46.2 Å². The minimum Gasteiger partial charge on any atom is -0.336 e. The molecule has 0 aliphatic rings. The fourth-order valence-corrected chi connectivity index (χ4v) is 1.88. The van der Waals surface area contributed by atoms with Crippen molar-refractivity contribution in [3.05, 3.63) is 30.1 Å². The Balaban J connectivity index is 2.59. The lowest BCUT2D eigenvalue weighted by atomic mass is 10.0. The number of nitrogens with two attached hydrogens (primary N) is 1. The van der Waals surface area contributed by atoms with Crippen LogP contribution in [0.1, 0.15) is 39.2 Å². The predicted octanol–water partition coefficient (Wildman–Crippen LogP) is 2.19. The van der Waals surface area contributed by atoms with Crippen LogP contribution in [0.5, 0.6) is 0 Å². The molecule has 1 aromatic heterocycles. The van der Waals surface area contributed by atoms with Crippen LogP contribution >= 0.6 is 0 Å². The molecule has 1 amide bonds. The van der Waals surface area contributed by atoms with E-state index in [0.717, 1.165) is 12.0 Å². The first-order valence-corrected chi connectivity index (χ1v) is 6.93. The van der Waals surface area contributed by atoms with E-state index in [1.54, 1.807) is 6.20 Å². The van der Waals surface area contributed by atoms with Crippen LogP contribution in [-0.2, 0) is 11.3 Å². The third-order valence-corrected chi connectivity index (χ3v) is 3.27. The van der Waals surface area contributed by atoms with Gasteiger partial charge in [-0.1, -0.05) is 13.0 Å². The fourth-order valence-electron chi connectivity index (χ4n) is 1.88. The lowest BCUT2D eigenvalue weighted by Crippen LogP contribution is -2.36. The second kappa shape index (κ2) is 7.89. The molecule has 0 saturated carbocycles. The Kier molecular flexibility index (Phi) is 6.50. The summed E-state index contributed by atoms with van der Waals surface area (Å²) in [6.45, 7) is 7.42. The first-order chi connectivity index (χ1) is 9.04. The summed E-state index contributed by atoms with van der Waals surface area (Å²) >= 11 is 0. The zero-order chi connectivity index (χ0) is 14.3. The molecule has 2 N–H and O–H groups in total. The zero-order valence-corrected chi connectivity index (χ0v) is 12.2. The monoisotopic (exact) mass is 263 g/mol. The van der Waals surface area contributed by atoms with Crippen LogP contribution in [0.15, 0.2) is 24.5 Å². The lowest BCUT2D eigenvalue weighted by Gasteiger charge is -2.27. The molecule has 1 rings (SSSR count). The SMILES string of the molecule is CC(CN)CCC(=O)N(Cc1cccnc1)C(C)C. The van der Waals surface area contributed by atoms with Crippen molar-refractivity contribution in [3.63, 3.8) is 0 Å². The Bertz CT molecular complexity index is 378. The van der Waals surface area contributed by atoms with E-state index in [-0.39, 0.29) is 11.9 Å². The fraction of sp³-hybridized carbons (Fsp3) is 0.600. The minimum atomic E-state index is 0.194. The third-order valence-electron chi connectivity index (χ3n) is 3.27. The number of hydrogen-bond acceptors (Lipinski definition) is 3. The van der Waals surface area contributed by atoms with Gasteiger partial charge < -0.3 is 10.6 Å². The maximum Gasteiger partial charge on any atom is 0.223 e. The molecule has 1 aromatic rings. The average molecular weight is 263 g/mol. The number of carbonyl (C=O) groups is 1. The Hall–Kier alpha value is -1.42. The summed E-state index contributed by atoms with van der Waals surface area (Å²) in [7, 11) is 0. The van der Waals surface area contributed by atoms with E-state index in [4.69, 9.17) is 5.73 Å². The van der Waals surface area contributed by atoms with Crippen molar-refractivity contribution in [2.24, 2.45) is 11.7 Å². The molecule has 4 nitrogen and oxygen atoms in total. The molecule has 4 heteroatoms. The van der Waals surface area contributed by atoms with Gasteiger partial charge in [0.25, 0.3) is 0 Å². The van der Waals surface area contributed by atoms with Crippen molar-refractivity contribution in [1.29, 1.82) is 0 Å². The molecular formula is C15H25N3O. The number of amides is 1. The molecule has 1 atom stereocenters. The normalized spacial score (nSPS) is 12.5. The molecule has 0 saturated heterocycles. The van der Waals surface area contributed by atoms with E-state index in [1.807, 2.05) is 37.1 Å². The summed E-state index contributed by atoms with van der Waals surface area (Å²) < 4.78 is 0. The van der Waals surface area contributed by atoms with Gasteiger partial charge in [-0.3, -0.25) is 9.78 Å². The van der Waals surface area contributed by atoms with Crippen LogP contribution in [0.25, 0.3) is 0 Å². The first-order valence-electron chi connectivity index (χ1n) is 6.93. The highest BCUT2D eigenvalue weighted by Crippen LogP contribution is 2.12. The third kappa shape index (κ3) is 5.39. The van der Waals surface area contributed by atoms with E-state index in [0.29, 0.717) is 25.4 Å². The lowest BCUT2D eigenvalue weighted by molar-refractivity contribution is -0.133. The van der Waals surface area contributed by atoms with Gasteiger partial charge in [-0.2, -0.15) is 0 Å². The highest BCUT2D eigenvalue weighted by molar-refractivity contribution is 5.76. The van der Waals surface area contributed by atoms with Gasteiger partial charge in [-0.25, -0.2) is 0 Å². The largest absolute Gasteiger partial charge is 0.336 e. The summed E-state index contributed by atoms with van der Waals surface area (Å²) in [4.78, 5) is 18.3. The highest BCUT2D eigenvalue weighted by Gasteiger charge is 2.17. The van der Waals surface area contributed by atoms with Crippen molar-refractivity contribution in [2.75, 3.05) is 6.54 Å². The number of rotatable bonds is 7. The predicted molar refractivity (Wildman–Crippen MR) is 77.4 cm³/mol. The first kappa shape index (κ1) is 15.6. The van der Waals surface area contributed by atoms with Crippen LogP contribution in [0.3, 0.4) is 0 Å². The Morgan fingerprint density at radius 2 is 2.16 bits per heavy atom. The number of nitrogens with zero attached hydrogens (tertiary/aromatic N) is 2. The summed E-state index contributed by atoms with van der Waals surface area (Å²) in [5.41, 5.74) is 6.65. The van der Waals surface area contributed by atoms with Crippen molar-refractivity contribution in [1.82, 2.24) is 9.88 Å². The van der Waals surface area contributed by atoms with Crippen LogP contribution in [0.2, 0.25) is 0 Å². The van der Waals surface area contributed by atoms with E-state index in [9.17, 15) is 4.79 Å². The summed E-state index contributed by atoms with van der Waals surface area (Å²) in [6.07, 6.45) is 4.97. The van der Waals surface area contributed by atoms with Crippen molar-refractivity contribution >= 4 is 5.91 Å². The zero-order valence-electron chi connectivity index (χ0n) is 12.2. The second-order valence-electron chi connectivity index (χ2n) is 5.36. The van der Waals surface area contributed by atoms with Gasteiger partial charge in [0, 0.05) is 31.4 Å². The molecule has 0 fully saturated rings. The van der Waals surface area contributed by atoms with Gasteiger partial charge in [0.2, 0.25) is 5.91 Å². The van der Waals surface area contributed by atoms with Gasteiger partial charge in [-0.05, 0) is 44.4 Å². The summed E-state index contributed by atoms with van der Waals surface area (Å²) in [5, 5.41) is 0. The van der Waals surface area contributed by atoms with Gasteiger partial charge in [0.05, 0.1) is 0 Å². The molecule has 0 spiro atoms. The van der Waals surface area contributed by atoms with Crippen LogP contribution in [-0.4, -0.2) is 28.4 Å². The molecule has 1 heterocycles. The smallest absolute Gasteiger partial charge is 0.223 e. The summed E-state index contributed by atoms with van der Waals surface area (Å²) in [5.74, 6) is 0.593. The van der Waals surface area contributed by atoms with Crippen LogP contribution in [0, 0.1) is 5.92 Å². The Morgan fingerprint density at radius 1 is 1.42 bits per heavy atom. The molecule has 0 aliphatic heterocycles. The average Bonchev–Trinajstić information content (AvgIpc) is 2.42. The number of hydrogen-bond donors (Lipinski definition) is 1. The molecule has 0 radical (unpaired) electrons. The molecule has 0 aliphatic carbocycles. The number of pyridine rings is 1.